The first-order valence-electron chi connectivity index (χ1n) is 12.1. The first kappa shape index (κ1) is 25.0. The smallest absolute Gasteiger partial charge is 0.352 e. The molecule has 3 aliphatic rings. The number of hydrogen-bond acceptors (Lipinski definition) is 7. The van der Waals surface area contributed by atoms with E-state index in [-0.39, 0.29) is 23.3 Å². The zero-order valence-corrected chi connectivity index (χ0v) is 21.2. The molecule has 0 saturated carbocycles. The van der Waals surface area contributed by atoms with E-state index in [4.69, 9.17) is 0 Å². The molecular weight excluding hydrogens is 498 g/mol. The summed E-state index contributed by atoms with van der Waals surface area (Å²) in [5.74, 6) is -2.75. The van der Waals surface area contributed by atoms with Gasteiger partial charge in [-0.15, -0.1) is 11.8 Å². The van der Waals surface area contributed by atoms with Gasteiger partial charge in [-0.3, -0.25) is 28.6 Å². The Bertz CT molecular complexity index is 1360. The van der Waals surface area contributed by atoms with Gasteiger partial charge >= 0.3 is 5.97 Å². The van der Waals surface area contributed by atoms with Gasteiger partial charge in [0.15, 0.2) is 0 Å². The molecule has 5 rings (SSSR count). The standard InChI is InChI=1S/C25H27N5O6S/c1-24(2)25(23(35)36,30-17(31)12-18(30)37-24)28-21(33)19(14-8-4-3-5-9-14)27-20(32)15-13-26-16-10-6-7-11-29(16)22(15)34/h3-5,8-9,13,18-19H,6-7,10-12H2,1-2H3,(H,27,32)(H,28,33)(H,35,36)/t18-,19-,25+/m1/s1. The van der Waals surface area contributed by atoms with E-state index in [2.05, 4.69) is 15.6 Å². The maximum absolute atomic E-state index is 13.7. The van der Waals surface area contributed by atoms with Crippen molar-refractivity contribution < 1.29 is 24.3 Å². The molecule has 37 heavy (non-hydrogen) atoms. The highest BCUT2D eigenvalue weighted by Gasteiger charge is 2.70. The molecule has 0 spiro atoms. The maximum atomic E-state index is 13.7. The summed E-state index contributed by atoms with van der Waals surface area (Å²) in [4.78, 5) is 70.5. The Hall–Kier alpha value is -3.67. The lowest BCUT2D eigenvalue weighted by molar-refractivity contribution is -0.173. The Kier molecular flexibility index (Phi) is 6.09. The normalized spacial score (nSPS) is 24.3. The number of amides is 3. The number of carbonyl (C=O) groups excluding carboxylic acids is 3. The van der Waals surface area contributed by atoms with Crippen molar-refractivity contribution in [2.24, 2.45) is 0 Å². The number of aryl methyl sites for hydroxylation is 1. The highest BCUT2D eigenvalue weighted by atomic mass is 32.2. The van der Waals surface area contributed by atoms with Crippen molar-refractivity contribution in [2.75, 3.05) is 0 Å². The Morgan fingerprint density at radius 1 is 1.16 bits per heavy atom. The largest absolute Gasteiger partial charge is 0.478 e. The van der Waals surface area contributed by atoms with E-state index in [0.29, 0.717) is 24.4 Å². The quantitative estimate of drug-likeness (QED) is 0.473. The van der Waals surface area contributed by atoms with Gasteiger partial charge in [0.25, 0.3) is 11.5 Å². The lowest BCUT2D eigenvalue weighted by Gasteiger charge is -2.46. The summed E-state index contributed by atoms with van der Waals surface area (Å²) in [6.07, 6.45) is 3.76. The molecular formula is C25H27N5O6S. The molecule has 12 heteroatoms. The number of β-lactam (4-membered cyclic amide) rings is 1. The first-order chi connectivity index (χ1) is 17.6. The number of carboxylic acids is 1. The van der Waals surface area contributed by atoms with Crippen molar-refractivity contribution in [3.05, 3.63) is 63.8 Å². The second kappa shape index (κ2) is 9.02. The van der Waals surface area contributed by atoms with Crippen LogP contribution in [0.4, 0.5) is 0 Å². The number of hydrogen-bond donors (Lipinski definition) is 3. The molecule has 194 valence electrons. The summed E-state index contributed by atoms with van der Waals surface area (Å²) in [5, 5.41) is 15.1. The van der Waals surface area contributed by atoms with Crippen molar-refractivity contribution in [1.29, 1.82) is 0 Å². The van der Waals surface area contributed by atoms with Crippen molar-refractivity contribution in [2.45, 2.75) is 67.9 Å². The summed E-state index contributed by atoms with van der Waals surface area (Å²) < 4.78 is 0.418. The van der Waals surface area contributed by atoms with E-state index < -0.39 is 39.8 Å². The van der Waals surface area contributed by atoms with Gasteiger partial charge in [-0.25, -0.2) is 9.78 Å². The molecule has 0 unspecified atom stereocenters. The third-order valence-corrected chi connectivity index (χ3v) is 8.79. The van der Waals surface area contributed by atoms with Gasteiger partial charge < -0.3 is 15.7 Å². The number of nitrogens with one attached hydrogen (secondary N) is 2. The maximum Gasteiger partial charge on any atom is 0.352 e. The molecule has 0 bridgehead atoms. The summed E-state index contributed by atoms with van der Waals surface area (Å²) in [6, 6.07) is 6.98. The number of aliphatic carboxylic acids is 1. The van der Waals surface area contributed by atoms with Crippen LogP contribution in [0.25, 0.3) is 0 Å². The van der Waals surface area contributed by atoms with Crippen LogP contribution in [0.15, 0.2) is 41.3 Å². The lowest BCUT2D eigenvalue weighted by atomic mass is 9.89. The van der Waals surface area contributed by atoms with Crippen molar-refractivity contribution in [3.8, 4) is 0 Å². The average molecular weight is 526 g/mol. The van der Waals surface area contributed by atoms with Crippen molar-refractivity contribution in [1.82, 2.24) is 25.1 Å². The van der Waals surface area contributed by atoms with Crippen LogP contribution < -0.4 is 16.2 Å². The Morgan fingerprint density at radius 2 is 1.89 bits per heavy atom. The van der Waals surface area contributed by atoms with Gasteiger partial charge in [0.1, 0.15) is 17.4 Å². The van der Waals surface area contributed by atoms with E-state index >= 15 is 0 Å². The van der Waals surface area contributed by atoms with E-state index in [1.165, 1.54) is 27.4 Å². The molecule has 1 aromatic carbocycles. The van der Waals surface area contributed by atoms with Crippen molar-refractivity contribution in [3.63, 3.8) is 0 Å². The van der Waals surface area contributed by atoms with Crippen LogP contribution in [0.1, 0.15) is 60.9 Å². The number of rotatable bonds is 6. The molecule has 2 saturated heterocycles. The second-order valence-electron chi connectivity index (χ2n) is 9.87. The molecule has 11 nitrogen and oxygen atoms in total. The molecule has 1 aromatic heterocycles. The minimum absolute atomic E-state index is 0.188. The molecule has 3 atom stereocenters. The van der Waals surface area contributed by atoms with E-state index in [9.17, 15) is 29.1 Å². The number of nitrogens with zero attached hydrogens (tertiary/aromatic N) is 3. The fourth-order valence-corrected chi connectivity index (χ4v) is 6.99. The summed E-state index contributed by atoms with van der Waals surface area (Å²) >= 11 is 1.30. The lowest BCUT2D eigenvalue weighted by Crippen LogP contribution is -2.75. The summed E-state index contributed by atoms with van der Waals surface area (Å²) in [6.45, 7) is 3.78. The van der Waals surface area contributed by atoms with Crippen LogP contribution in [-0.4, -0.2) is 59.0 Å². The number of carbonyl (C=O) groups is 4. The Morgan fingerprint density at radius 3 is 2.57 bits per heavy atom. The van der Waals surface area contributed by atoms with Crippen LogP contribution >= 0.6 is 11.8 Å². The van der Waals surface area contributed by atoms with Crippen molar-refractivity contribution >= 4 is 35.5 Å². The van der Waals surface area contributed by atoms with Gasteiger partial charge in [-0.2, -0.15) is 0 Å². The number of benzene rings is 1. The van der Waals surface area contributed by atoms with Gasteiger partial charge in [0.2, 0.25) is 17.5 Å². The zero-order chi connectivity index (χ0) is 26.5. The molecule has 3 N–H and O–H groups in total. The minimum atomic E-state index is -2.01. The van der Waals surface area contributed by atoms with Crippen LogP contribution in [0.5, 0.6) is 0 Å². The highest BCUT2D eigenvalue weighted by Crippen LogP contribution is 2.55. The average Bonchev–Trinajstić information content (AvgIpc) is 3.05. The first-order valence-corrected chi connectivity index (χ1v) is 12.9. The third kappa shape index (κ3) is 3.90. The monoisotopic (exact) mass is 525 g/mol. The van der Waals surface area contributed by atoms with Crippen LogP contribution in [-0.2, 0) is 27.3 Å². The van der Waals surface area contributed by atoms with Gasteiger partial charge in [-0.05, 0) is 32.3 Å². The second-order valence-corrected chi connectivity index (χ2v) is 11.7. The van der Waals surface area contributed by atoms with Crippen LogP contribution in [0.3, 0.4) is 0 Å². The molecule has 4 heterocycles. The van der Waals surface area contributed by atoms with Gasteiger partial charge in [-0.1, -0.05) is 30.3 Å². The number of aromatic nitrogens is 2. The molecule has 2 aromatic rings. The number of thioether (sulfide) groups is 1. The molecule has 3 amide bonds. The SMILES string of the molecule is CC1(C)S[C@@H]2CC(=O)N2[C@@]1(NC(=O)[C@H](NC(=O)c1cnc2n(c1=O)CCCC2)c1ccccc1)C(=O)O. The summed E-state index contributed by atoms with van der Waals surface area (Å²) in [7, 11) is 0. The Labute approximate surface area is 216 Å². The predicted molar refractivity (Wildman–Crippen MR) is 134 cm³/mol. The zero-order valence-electron chi connectivity index (χ0n) is 20.4. The predicted octanol–water partition coefficient (Wildman–Crippen LogP) is 1.03. The number of carboxylic acid groups (broad SMARTS) is 1. The van der Waals surface area contributed by atoms with E-state index in [0.717, 1.165) is 12.8 Å². The fraction of sp³-hybridized carbons (Fsp3) is 0.440. The van der Waals surface area contributed by atoms with Gasteiger partial charge in [0, 0.05) is 19.2 Å². The topological polar surface area (TPSA) is 151 Å². The molecule has 0 radical (unpaired) electrons. The van der Waals surface area contributed by atoms with E-state index in [1.54, 1.807) is 44.2 Å². The number of fused-ring (bicyclic) bond motifs is 2. The molecule has 3 aliphatic heterocycles. The highest BCUT2D eigenvalue weighted by molar-refractivity contribution is 8.01. The summed E-state index contributed by atoms with van der Waals surface area (Å²) in [5.41, 5.74) is -2.32. The minimum Gasteiger partial charge on any atom is -0.478 e. The van der Waals surface area contributed by atoms with Crippen LogP contribution in [0, 0.1) is 0 Å². The van der Waals surface area contributed by atoms with E-state index in [1.807, 2.05) is 0 Å². The van der Waals surface area contributed by atoms with Crippen LogP contribution in [0.2, 0.25) is 0 Å². The van der Waals surface area contributed by atoms with Gasteiger partial charge in [0.05, 0.1) is 16.5 Å². The Balaban J connectivity index is 1.49. The third-order valence-electron chi connectivity index (χ3n) is 7.26. The molecule has 0 aliphatic carbocycles. The fourth-order valence-electron chi connectivity index (χ4n) is 5.30. The molecule has 2 fully saturated rings.